The van der Waals surface area contributed by atoms with Crippen molar-refractivity contribution in [2.45, 2.75) is 6.18 Å². The Kier molecular flexibility index (Phi) is 4.96. The third kappa shape index (κ3) is 4.56. The number of alkyl halides is 3. The number of rotatable bonds is 5. The number of benzene rings is 2. The molecule has 6 heteroatoms. The SMILES string of the molecule is FC(F)(F)c1ccc(OCCNc2ccccc2Cl)cc1. The smallest absolute Gasteiger partial charge is 0.416 e. The van der Waals surface area contributed by atoms with Gasteiger partial charge in [-0.1, -0.05) is 23.7 Å². The maximum Gasteiger partial charge on any atom is 0.416 e. The molecule has 0 heterocycles. The maximum atomic E-state index is 12.4. The Labute approximate surface area is 125 Å². The fourth-order valence-corrected chi connectivity index (χ4v) is 1.90. The van der Waals surface area contributed by atoms with Gasteiger partial charge in [0.15, 0.2) is 0 Å². The molecule has 2 nitrogen and oxygen atoms in total. The van der Waals surface area contributed by atoms with E-state index < -0.39 is 11.7 Å². The van der Waals surface area contributed by atoms with Gasteiger partial charge in [-0.2, -0.15) is 13.2 Å². The van der Waals surface area contributed by atoms with Crippen LogP contribution in [0, 0.1) is 0 Å². The molecule has 0 aliphatic heterocycles. The Bertz CT molecular complexity index is 584. The van der Waals surface area contributed by atoms with E-state index in [0.717, 1.165) is 17.8 Å². The highest BCUT2D eigenvalue weighted by Crippen LogP contribution is 2.30. The van der Waals surface area contributed by atoms with Crippen LogP contribution in [0.5, 0.6) is 5.75 Å². The van der Waals surface area contributed by atoms with Crippen molar-refractivity contribution >= 4 is 17.3 Å². The van der Waals surface area contributed by atoms with Gasteiger partial charge in [0, 0.05) is 6.54 Å². The molecule has 0 fully saturated rings. The first-order valence-corrected chi connectivity index (χ1v) is 6.63. The van der Waals surface area contributed by atoms with Crippen molar-refractivity contribution in [3.05, 3.63) is 59.1 Å². The second-order valence-electron chi connectivity index (χ2n) is 4.28. The lowest BCUT2D eigenvalue weighted by molar-refractivity contribution is -0.137. The quantitative estimate of drug-likeness (QED) is 0.796. The van der Waals surface area contributed by atoms with Gasteiger partial charge < -0.3 is 10.1 Å². The van der Waals surface area contributed by atoms with E-state index in [1.54, 1.807) is 6.07 Å². The molecule has 0 saturated heterocycles. The van der Waals surface area contributed by atoms with Crippen molar-refractivity contribution in [1.29, 1.82) is 0 Å². The van der Waals surface area contributed by atoms with Gasteiger partial charge in [-0.3, -0.25) is 0 Å². The standard InChI is InChI=1S/C15H13ClF3NO/c16-13-3-1-2-4-14(13)20-9-10-21-12-7-5-11(6-8-12)15(17,18)19/h1-8,20H,9-10H2. The van der Waals surface area contributed by atoms with E-state index >= 15 is 0 Å². The lowest BCUT2D eigenvalue weighted by atomic mass is 10.2. The number of anilines is 1. The monoisotopic (exact) mass is 315 g/mol. The predicted octanol–water partition coefficient (Wildman–Crippen LogP) is 4.85. The molecule has 0 amide bonds. The highest BCUT2D eigenvalue weighted by molar-refractivity contribution is 6.33. The molecule has 0 aromatic heterocycles. The van der Waals surface area contributed by atoms with E-state index in [-0.39, 0.29) is 0 Å². The summed E-state index contributed by atoms with van der Waals surface area (Å²) < 4.78 is 42.5. The van der Waals surface area contributed by atoms with E-state index in [4.69, 9.17) is 16.3 Å². The highest BCUT2D eigenvalue weighted by atomic mass is 35.5. The number of para-hydroxylation sites is 1. The Balaban J connectivity index is 1.80. The lowest BCUT2D eigenvalue weighted by Gasteiger charge is -2.11. The Morgan fingerprint density at radius 3 is 2.29 bits per heavy atom. The van der Waals surface area contributed by atoms with Crippen LogP contribution in [0.25, 0.3) is 0 Å². The molecule has 2 aromatic carbocycles. The normalized spacial score (nSPS) is 11.2. The first kappa shape index (κ1) is 15.5. The van der Waals surface area contributed by atoms with E-state index in [0.29, 0.717) is 23.9 Å². The summed E-state index contributed by atoms with van der Waals surface area (Å²) in [7, 11) is 0. The molecular weight excluding hydrogens is 303 g/mol. The van der Waals surface area contributed by atoms with Crippen molar-refractivity contribution in [3.63, 3.8) is 0 Å². The van der Waals surface area contributed by atoms with Crippen LogP contribution in [0.2, 0.25) is 5.02 Å². The lowest BCUT2D eigenvalue weighted by Crippen LogP contribution is -2.12. The average Bonchev–Trinajstić information content (AvgIpc) is 2.45. The fraction of sp³-hybridized carbons (Fsp3) is 0.200. The molecule has 0 saturated carbocycles. The number of hydrogen-bond donors (Lipinski definition) is 1. The molecule has 21 heavy (non-hydrogen) atoms. The van der Waals surface area contributed by atoms with E-state index in [1.165, 1.54) is 12.1 Å². The average molecular weight is 316 g/mol. The molecule has 0 unspecified atom stereocenters. The summed E-state index contributed by atoms with van der Waals surface area (Å²) in [4.78, 5) is 0. The minimum absolute atomic E-state index is 0.316. The zero-order chi connectivity index (χ0) is 15.3. The second kappa shape index (κ2) is 6.72. The zero-order valence-electron chi connectivity index (χ0n) is 11.0. The molecule has 0 aliphatic carbocycles. The molecule has 0 bridgehead atoms. The summed E-state index contributed by atoms with van der Waals surface area (Å²) in [6.45, 7) is 0.807. The van der Waals surface area contributed by atoms with Crippen LogP contribution in [-0.2, 0) is 6.18 Å². The van der Waals surface area contributed by atoms with Gasteiger partial charge in [0.05, 0.1) is 16.3 Å². The number of ether oxygens (including phenoxy) is 1. The van der Waals surface area contributed by atoms with E-state index in [2.05, 4.69) is 5.32 Å². The largest absolute Gasteiger partial charge is 0.492 e. The van der Waals surface area contributed by atoms with Gasteiger partial charge in [-0.05, 0) is 36.4 Å². The molecule has 0 atom stereocenters. The van der Waals surface area contributed by atoms with Crippen LogP contribution in [0.3, 0.4) is 0 Å². The summed E-state index contributed by atoms with van der Waals surface area (Å²) in [5, 5.41) is 3.69. The fourth-order valence-electron chi connectivity index (χ4n) is 1.70. The van der Waals surface area contributed by atoms with Crippen LogP contribution < -0.4 is 10.1 Å². The summed E-state index contributed by atoms with van der Waals surface area (Å²) in [6, 6.07) is 11.9. The van der Waals surface area contributed by atoms with Crippen LogP contribution in [-0.4, -0.2) is 13.2 Å². The molecule has 2 rings (SSSR count). The van der Waals surface area contributed by atoms with Gasteiger partial charge in [-0.25, -0.2) is 0 Å². The van der Waals surface area contributed by atoms with Crippen molar-refractivity contribution in [1.82, 2.24) is 0 Å². The summed E-state index contributed by atoms with van der Waals surface area (Å²) >= 11 is 5.97. The molecule has 1 N–H and O–H groups in total. The number of hydrogen-bond acceptors (Lipinski definition) is 2. The maximum absolute atomic E-state index is 12.4. The molecule has 0 spiro atoms. The van der Waals surface area contributed by atoms with Crippen LogP contribution in [0.15, 0.2) is 48.5 Å². The third-order valence-corrected chi connectivity index (χ3v) is 3.07. The van der Waals surface area contributed by atoms with Crippen molar-refractivity contribution in [3.8, 4) is 5.75 Å². The highest BCUT2D eigenvalue weighted by Gasteiger charge is 2.29. The van der Waals surface area contributed by atoms with Gasteiger partial charge in [0.1, 0.15) is 12.4 Å². The molecule has 2 aromatic rings. The van der Waals surface area contributed by atoms with Gasteiger partial charge in [0.2, 0.25) is 0 Å². The van der Waals surface area contributed by atoms with Gasteiger partial charge in [0.25, 0.3) is 0 Å². The van der Waals surface area contributed by atoms with Crippen molar-refractivity contribution in [2.24, 2.45) is 0 Å². The van der Waals surface area contributed by atoms with Gasteiger partial charge in [-0.15, -0.1) is 0 Å². The summed E-state index contributed by atoms with van der Waals surface area (Å²) in [6.07, 6.45) is -4.33. The van der Waals surface area contributed by atoms with E-state index in [1.807, 2.05) is 18.2 Å². The van der Waals surface area contributed by atoms with Gasteiger partial charge >= 0.3 is 6.18 Å². The van der Waals surface area contributed by atoms with Crippen LogP contribution in [0.4, 0.5) is 18.9 Å². The Hall–Kier alpha value is -1.88. The molecule has 112 valence electrons. The minimum Gasteiger partial charge on any atom is -0.492 e. The Morgan fingerprint density at radius 2 is 1.67 bits per heavy atom. The summed E-state index contributed by atoms with van der Waals surface area (Å²) in [5.41, 5.74) is 0.0965. The number of halogens is 4. The molecule has 0 radical (unpaired) electrons. The number of nitrogens with one attached hydrogen (secondary N) is 1. The van der Waals surface area contributed by atoms with Crippen LogP contribution >= 0.6 is 11.6 Å². The first-order chi connectivity index (χ1) is 9.97. The van der Waals surface area contributed by atoms with Crippen LogP contribution in [0.1, 0.15) is 5.56 Å². The third-order valence-electron chi connectivity index (χ3n) is 2.74. The zero-order valence-corrected chi connectivity index (χ0v) is 11.7. The first-order valence-electron chi connectivity index (χ1n) is 6.25. The van der Waals surface area contributed by atoms with Crippen molar-refractivity contribution < 1.29 is 17.9 Å². The summed E-state index contributed by atoms with van der Waals surface area (Å²) in [5.74, 6) is 0.393. The minimum atomic E-state index is -4.33. The predicted molar refractivity (Wildman–Crippen MR) is 76.9 cm³/mol. The second-order valence-corrected chi connectivity index (χ2v) is 4.68. The molecular formula is C15H13ClF3NO. The van der Waals surface area contributed by atoms with E-state index in [9.17, 15) is 13.2 Å². The van der Waals surface area contributed by atoms with Crippen molar-refractivity contribution in [2.75, 3.05) is 18.5 Å². The Morgan fingerprint density at radius 1 is 1.00 bits per heavy atom. The topological polar surface area (TPSA) is 21.3 Å². The molecule has 0 aliphatic rings.